The number of aliphatic hydroxyl groups excluding tert-OH is 1. The highest BCUT2D eigenvalue weighted by Crippen LogP contribution is 2.32. The van der Waals surface area contributed by atoms with Crippen LogP contribution in [0.15, 0.2) is 0 Å². The van der Waals surface area contributed by atoms with Crippen molar-refractivity contribution in [3.05, 3.63) is 14.5 Å². The molecule has 0 bridgehead atoms. The number of carbonyl (C=O) groups is 1. The molecule has 1 atom stereocenters. The van der Waals surface area contributed by atoms with Gasteiger partial charge >= 0.3 is 0 Å². The van der Waals surface area contributed by atoms with Crippen LogP contribution in [0.2, 0.25) is 0 Å². The zero-order valence-electron chi connectivity index (χ0n) is 10.6. The van der Waals surface area contributed by atoms with Gasteiger partial charge in [-0.3, -0.25) is 4.79 Å². The first-order valence-corrected chi connectivity index (χ1v) is 7.30. The maximum Gasteiger partial charge on any atom is 0.227 e. The van der Waals surface area contributed by atoms with Crippen LogP contribution in [0.4, 0.5) is 0 Å². The summed E-state index contributed by atoms with van der Waals surface area (Å²) in [5.41, 5.74) is 0.967. The van der Waals surface area contributed by atoms with Gasteiger partial charge in [0, 0.05) is 24.2 Å². The highest BCUT2D eigenvalue weighted by Gasteiger charge is 2.31. The minimum absolute atomic E-state index is 0.0306. The quantitative estimate of drug-likeness (QED) is 0.813. The number of likely N-dealkylation sites (N-methyl/N-ethyl adjacent to an activating group) is 1. The lowest BCUT2D eigenvalue weighted by Gasteiger charge is -2.20. The van der Waals surface area contributed by atoms with E-state index in [-0.39, 0.29) is 12.0 Å². The number of rotatable bonds is 5. The van der Waals surface area contributed by atoms with Gasteiger partial charge in [-0.25, -0.2) is 0 Å². The summed E-state index contributed by atoms with van der Waals surface area (Å²) in [6, 6.07) is 0. The molecule has 2 rings (SSSR count). The van der Waals surface area contributed by atoms with Crippen molar-refractivity contribution >= 4 is 29.5 Å². The van der Waals surface area contributed by atoms with Crippen LogP contribution in [0.1, 0.15) is 23.4 Å². The second-order valence-electron chi connectivity index (χ2n) is 4.92. The molecule has 18 heavy (non-hydrogen) atoms. The summed E-state index contributed by atoms with van der Waals surface area (Å²) in [4.78, 5) is 17.7. The Morgan fingerprint density at radius 3 is 2.83 bits per heavy atom. The zero-order valence-corrected chi connectivity index (χ0v) is 12.2. The second-order valence-corrected chi connectivity index (χ2v) is 6.69. The molecule has 1 aliphatic rings. The summed E-state index contributed by atoms with van der Waals surface area (Å²) in [6.45, 7) is 2.35. The lowest BCUT2D eigenvalue weighted by Crippen LogP contribution is -2.36. The molecule has 2 N–H and O–H groups in total. The molecular weight excluding hydrogens is 268 g/mol. The van der Waals surface area contributed by atoms with Gasteiger partial charge in [-0.15, -0.1) is 11.3 Å². The average Bonchev–Trinajstić information content (AvgIpc) is 3.07. The number of carbonyl (C=O) groups excluding carboxylic acids is 1. The Hall–Kier alpha value is -0.720. The van der Waals surface area contributed by atoms with Crippen LogP contribution < -0.4 is 0 Å². The molecule has 1 aromatic heterocycles. The first kappa shape index (κ1) is 13.7. The number of aromatic nitrogens is 1. The van der Waals surface area contributed by atoms with Gasteiger partial charge in [0.2, 0.25) is 5.91 Å². The largest absolute Gasteiger partial charge is 0.391 e. The molecule has 1 fully saturated rings. The maximum absolute atomic E-state index is 12.0. The molecule has 0 saturated heterocycles. The zero-order chi connectivity index (χ0) is 13.3. The molecule has 100 valence electrons. The van der Waals surface area contributed by atoms with E-state index in [2.05, 4.69) is 4.98 Å². The van der Waals surface area contributed by atoms with E-state index in [1.807, 2.05) is 6.92 Å². The molecular formula is C12H18N2O2S2. The number of aryl methyl sites for hydroxylation is 1. The fraction of sp³-hybridized carbons (Fsp3) is 0.667. The summed E-state index contributed by atoms with van der Waals surface area (Å²) in [6.07, 6.45) is 2.16. The molecule has 1 aromatic rings. The Balaban J connectivity index is 1.90. The Labute approximate surface area is 116 Å². The number of nitrogens with one attached hydrogen (secondary N) is 1. The Kier molecular flexibility index (Phi) is 4.19. The number of aliphatic hydroxyl groups is 1. The van der Waals surface area contributed by atoms with Gasteiger partial charge < -0.3 is 15.0 Å². The average molecular weight is 286 g/mol. The van der Waals surface area contributed by atoms with Gasteiger partial charge in [0.1, 0.15) is 0 Å². The summed E-state index contributed by atoms with van der Waals surface area (Å²) in [5, 5.41) is 9.82. The monoisotopic (exact) mass is 286 g/mol. The normalized spacial score (nSPS) is 16.6. The van der Waals surface area contributed by atoms with E-state index >= 15 is 0 Å². The van der Waals surface area contributed by atoms with E-state index in [4.69, 9.17) is 12.2 Å². The van der Waals surface area contributed by atoms with Crippen LogP contribution in [0.3, 0.4) is 0 Å². The predicted molar refractivity (Wildman–Crippen MR) is 74.3 cm³/mol. The summed E-state index contributed by atoms with van der Waals surface area (Å²) in [5.74, 6) is 0.430. The summed E-state index contributed by atoms with van der Waals surface area (Å²) < 4.78 is 0.705. The van der Waals surface area contributed by atoms with E-state index < -0.39 is 0 Å². The van der Waals surface area contributed by atoms with Crippen molar-refractivity contribution in [2.24, 2.45) is 5.92 Å². The van der Waals surface area contributed by atoms with E-state index in [0.29, 0.717) is 22.8 Å². The second kappa shape index (κ2) is 5.50. The van der Waals surface area contributed by atoms with Gasteiger partial charge in [-0.2, -0.15) is 0 Å². The van der Waals surface area contributed by atoms with Crippen molar-refractivity contribution in [3.63, 3.8) is 0 Å². The topological polar surface area (TPSA) is 56.3 Å². The maximum atomic E-state index is 12.0. The van der Waals surface area contributed by atoms with Crippen molar-refractivity contribution in [2.75, 3.05) is 13.6 Å². The molecule has 1 aliphatic carbocycles. The Bertz CT molecular complexity index is 491. The first-order valence-electron chi connectivity index (χ1n) is 6.08. The highest BCUT2D eigenvalue weighted by molar-refractivity contribution is 7.73. The fourth-order valence-corrected chi connectivity index (χ4v) is 3.17. The van der Waals surface area contributed by atoms with Crippen LogP contribution in [0, 0.1) is 16.8 Å². The van der Waals surface area contributed by atoms with Gasteiger partial charge in [0.15, 0.2) is 3.95 Å². The molecule has 0 aromatic carbocycles. The van der Waals surface area contributed by atoms with E-state index in [0.717, 1.165) is 23.4 Å². The number of hydrogen-bond donors (Lipinski definition) is 2. The molecule has 0 spiro atoms. The molecule has 0 aliphatic heterocycles. The van der Waals surface area contributed by atoms with Gasteiger partial charge in [0.25, 0.3) is 0 Å². The molecule has 6 heteroatoms. The molecule has 4 nitrogen and oxygen atoms in total. The fourth-order valence-electron chi connectivity index (χ4n) is 1.89. The number of nitrogens with zero attached hydrogens (tertiary/aromatic N) is 1. The molecule has 1 saturated carbocycles. The van der Waals surface area contributed by atoms with E-state index in [1.165, 1.54) is 11.3 Å². The molecule has 1 amide bonds. The van der Waals surface area contributed by atoms with Crippen molar-refractivity contribution in [1.82, 2.24) is 9.88 Å². The first-order chi connectivity index (χ1) is 8.47. The highest BCUT2D eigenvalue weighted by atomic mass is 32.1. The minimum Gasteiger partial charge on any atom is -0.391 e. The van der Waals surface area contributed by atoms with Crippen LogP contribution in [0.5, 0.6) is 0 Å². The summed E-state index contributed by atoms with van der Waals surface area (Å²) in [7, 11) is 1.75. The van der Waals surface area contributed by atoms with Crippen molar-refractivity contribution in [1.29, 1.82) is 0 Å². The van der Waals surface area contributed by atoms with Crippen molar-refractivity contribution in [2.45, 2.75) is 32.3 Å². The predicted octanol–water partition coefficient (Wildman–Crippen LogP) is 1.89. The number of H-pyrrole nitrogens is 1. The third-order valence-electron chi connectivity index (χ3n) is 3.29. The van der Waals surface area contributed by atoms with Crippen LogP contribution in [-0.2, 0) is 11.2 Å². The number of amides is 1. The standard InChI is InChI=1S/C12H18N2O2S2/c1-7-10(18-12(17)13-7)5-11(16)14(2)6-9(15)8-3-4-8/h8-9,15H,3-6H2,1-2H3,(H,13,17). The van der Waals surface area contributed by atoms with E-state index in [1.54, 1.807) is 11.9 Å². The molecule has 0 radical (unpaired) electrons. The molecule has 1 unspecified atom stereocenters. The Morgan fingerprint density at radius 1 is 1.67 bits per heavy atom. The van der Waals surface area contributed by atoms with Crippen LogP contribution >= 0.6 is 23.6 Å². The third kappa shape index (κ3) is 3.40. The smallest absolute Gasteiger partial charge is 0.227 e. The SMILES string of the molecule is Cc1[nH]c(=S)sc1CC(=O)N(C)CC(O)C1CC1. The number of hydrogen-bond acceptors (Lipinski definition) is 4. The van der Waals surface area contributed by atoms with Crippen LogP contribution in [-0.4, -0.2) is 40.6 Å². The van der Waals surface area contributed by atoms with Gasteiger partial charge in [-0.05, 0) is 37.9 Å². The Morgan fingerprint density at radius 2 is 2.33 bits per heavy atom. The number of thiazole rings is 1. The van der Waals surface area contributed by atoms with Gasteiger partial charge in [-0.1, -0.05) is 0 Å². The van der Waals surface area contributed by atoms with Crippen LogP contribution in [0.25, 0.3) is 0 Å². The van der Waals surface area contributed by atoms with E-state index in [9.17, 15) is 9.90 Å². The van der Waals surface area contributed by atoms with Crippen molar-refractivity contribution < 1.29 is 9.90 Å². The minimum atomic E-state index is -0.371. The molecule has 1 heterocycles. The summed E-state index contributed by atoms with van der Waals surface area (Å²) >= 11 is 6.50. The third-order valence-corrected chi connectivity index (χ3v) is 4.62. The lowest BCUT2D eigenvalue weighted by atomic mass is 10.2. The lowest BCUT2D eigenvalue weighted by molar-refractivity contribution is -0.130. The van der Waals surface area contributed by atoms with Gasteiger partial charge in [0.05, 0.1) is 12.5 Å². The number of aromatic amines is 1. The van der Waals surface area contributed by atoms with Crippen molar-refractivity contribution in [3.8, 4) is 0 Å².